The molecule has 1 heterocycles. The number of rotatable bonds is 1. The van der Waals surface area contributed by atoms with E-state index >= 15 is 0 Å². The van der Waals surface area contributed by atoms with Crippen molar-refractivity contribution in [1.82, 2.24) is 0 Å². The van der Waals surface area contributed by atoms with Crippen molar-refractivity contribution >= 4 is 22.6 Å². The lowest BCUT2D eigenvalue weighted by molar-refractivity contribution is 0.0977. The summed E-state index contributed by atoms with van der Waals surface area (Å²) in [6, 6.07) is 5.54. The molecule has 1 amide bonds. The number of aryl methyl sites for hydroxylation is 1. The van der Waals surface area contributed by atoms with Crippen LogP contribution in [-0.2, 0) is 0 Å². The molecule has 2 rings (SSSR count). The van der Waals surface area contributed by atoms with Crippen LogP contribution in [0.4, 0.5) is 5.69 Å². The zero-order chi connectivity index (χ0) is 10.3. The number of anilines is 1. The van der Waals surface area contributed by atoms with Crippen molar-refractivity contribution in [3.63, 3.8) is 0 Å². The quantitative estimate of drug-likeness (QED) is 0.713. The van der Waals surface area contributed by atoms with Crippen LogP contribution in [0.2, 0.25) is 0 Å². The Labute approximate surface area is 80.5 Å². The van der Waals surface area contributed by atoms with E-state index in [0.717, 1.165) is 10.9 Å². The normalized spacial score (nSPS) is 10.6. The molecule has 4 N–H and O–H groups in total. The summed E-state index contributed by atoms with van der Waals surface area (Å²) in [7, 11) is 0. The Morgan fingerprint density at radius 3 is 2.71 bits per heavy atom. The summed E-state index contributed by atoms with van der Waals surface area (Å²) in [5.74, 6) is -0.604. The van der Waals surface area contributed by atoms with Gasteiger partial charge in [0.15, 0.2) is 0 Å². The minimum atomic E-state index is -0.641. The highest BCUT2D eigenvalue weighted by Gasteiger charge is 2.16. The van der Waals surface area contributed by atoms with Crippen LogP contribution in [-0.4, -0.2) is 5.91 Å². The maximum Gasteiger partial charge on any atom is 0.286 e. The molecule has 4 heteroatoms. The lowest BCUT2D eigenvalue weighted by Crippen LogP contribution is -2.11. The Hall–Kier alpha value is -1.97. The highest BCUT2D eigenvalue weighted by atomic mass is 16.3. The second kappa shape index (κ2) is 2.77. The molecule has 0 saturated heterocycles. The predicted molar refractivity (Wildman–Crippen MR) is 53.9 cm³/mol. The SMILES string of the molecule is Cc1cccc2c(N)c(C(N)=O)oc12. The second-order valence-electron chi connectivity index (χ2n) is 3.16. The maximum atomic E-state index is 11.0. The fraction of sp³-hybridized carbons (Fsp3) is 0.100. The number of carbonyl (C=O) groups excluding carboxylic acids is 1. The Morgan fingerprint density at radius 2 is 2.14 bits per heavy atom. The van der Waals surface area contributed by atoms with Gasteiger partial charge in [-0.25, -0.2) is 0 Å². The van der Waals surface area contributed by atoms with Gasteiger partial charge in [0.25, 0.3) is 5.91 Å². The van der Waals surface area contributed by atoms with Crippen molar-refractivity contribution in [3.05, 3.63) is 29.5 Å². The van der Waals surface area contributed by atoms with Gasteiger partial charge >= 0.3 is 0 Å². The monoisotopic (exact) mass is 190 g/mol. The van der Waals surface area contributed by atoms with Gasteiger partial charge in [-0.05, 0) is 18.6 Å². The summed E-state index contributed by atoms with van der Waals surface area (Å²) in [4.78, 5) is 11.0. The van der Waals surface area contributed by atoms with Crippen molar-refractivity contribution in [2.75, 3.05) is 5.73 Å². The zero-order valence-electron chi connectivity index (χ0n) is 7.70. The van der Waals surface area contributed by atoms with Gasteiger partial charge in [-0.1, -0.05) is 12.1 Å². The lowest BCUT2D eigenvalue weighted by atomic mass is 10.1. The third kappa shape index (κ3) is 1.04. The van der Waals surface area contributed by atoms with E-state index in [9.17, 15) is 4.79 Å². The number of amides is 1. The van der Waals surface area contributed by atoms with Crippen molar-refractivity contribution in [2.24, 2.45) is 5.73 Å². The van der Waals surface area contributed by atoms with E-state index in [2.05, 4.69) is 0 Å². The van der Waals surface area contributed by atoms with Crippen LogP contribution in [0.5, 0.6) is 0 Å². The van der Waals surface area contributed by atoms with Crippen LogP contribution < -0.4 is 11.5 Å². The third-order valence-electron chi connectivity index (χ3n) is 2.17. The van der Waals surface area contributed by atoms with E-state index in [-0.39, 0.29) is 5.76 Å². The van der Waals surface area contributed by atoms with Gasteiger partial charge in [0.1, 0.15) is 5.58 Å². The first-order valence-electron chi connectivity index (χ1n) is 4.18. The molecule has 1 aromatic carbocycles. The van der Waals surface area contributed by atoms with Gasteiger partial charge < -0.3 is 15.9 Å². The topological polar surface area (TPSA) is 82.2 Å². The van der Waals surface area contributed by atoms with E-state index in [1.54, 1.807) is 6.07 Å². The van der Waals surface area contributed by atoms with E-state index < -0.39 is 5.91 Å². The van der Waals surface area contributed by atoms with E-state index in [4.69, 9.17) is 15.9 Å². The van der Waals surface area contributed by atoms with Gasteiger partial charge in [-0.3, -0.25) is 4.79 Å². The number of furan rings is 1. The summed E-state index contributed by atoms with van der Waals surface area (Å²) >= 11 is 0. The van der Waals surface area contributed by atoms with Gasteiger partial charge in [-0.15, -0.1) is 0 Å². The molecular formula is C10H10N2O2. The summed E-state index contributed by atoms with van der Waals surface area (Å²) in [6.45, 7) is 1.88. The molecule has 0 spiro atoms. The molecule has 0 fully saturated rings. The molecule has 4 nitrogen and oxygen atoms in total. The second-order valence-corrected chi connectivity index (χ2v) is 3.16. The first-order valence-corrected chi connectivity index (χ1v) is 4.18. The number of hydrogen-bond donors (Lipinski definition) is 2. The number of fused-ring (bicyclic) bond motifs is 1. The van der Waals surface area contributed by atoms with Crippen molar-refractivity contribution < 1.29 is 9.21 Å². The first kappa shape index (κ1) is 8.62. The van der Waals surface area contributed by atoms with Crippen LogP contribution in [0.3, 0.4) is 0 Å². The molecule has 0 aliphatic heterocycles. The molecule has 1 aromatic heterocycles. The Morgan fingerprint density at radius 1 is 1.43 bits per heavy atom. The molecule has 72 valence electrons. The third-order valence-corrected chi connectivity index (χ3v) is 2.17. The standard InChI is InChI=1S/C10H10N2O2/c1-5-3-2-4-6-7(11)9(10(12)13)14-8(5)6/h2-4H,11H2,1H3,(H2,12,13). The summed E-state index contributed by atoms with van der Waals surface area (Å²) < 4.78 is 5.29. The van der Waals surface area contributed by atoms with Crippen LogP contribution >= 0.6 is 0 Å². The number of benzene rings is 1. The van der Waals surface area contributed by atoms with E-state index in [1.165, 1.54) is 0 Å². The summed E-state index contributed by atoms with van der Waals surface area (Å²) in [5, 5.41) is 0.735. The Kier molecular flexibility index (Phi) is 1.70. The zero-order valence-corrected chi connectivity index (χ0v) is 7.70. The van der Waals surface area contributed by atoms with Gasteiger partial charge in [0.05, 0.1) is 5.69 Å². The van der Waals surface area contributed by atoms with Crippen molar-refractivity contribution in [1.29, 1.82) is 0 Å². The molecule has 0 atom stereocenters. The highest BCUT2D eigenvalue weighted by Crippen LogP contribution is 2.29. The van der Waals surface area contributed by atoms with Crippen LogP contribution in [0.15, 0.2) is 22.6 Å². The highest BCUT2D eigenvalue weighted by molar-refractivity contribution is 6.05. The molecule has 14 heavy (non-hydrogen) atoms. The molecular weight excluding hydrogens is 180 g/mol. The maximum absolute atomic E-state index is 11.0. The van der Waals surface area contributed by atoms with Gasteiger partial charge in [-0.2, -0.15) is 0 Å². The van der Waals surface area contributed by atoms with Gasteiger partial charge in [0, 0.05) is 5.39 Å². The fourth-order valence-electron chi connectivity index (χ4n) is 1.46. The summed E-state index contributed by atoms with van der Waals surface area (Å²) in [6.07, 6.45) is 0. The minimum Gasteiger partial charge on any atom is -0.448 e. The molecule has 0 aliphatic rings. The first-order chi connectivity index (χ1) is 6.61. The van der Waals surface area contributed by atoms with Crippen molar-refractivity contribution in [2.45, 2.75) is 6.92 Å². The van der Waals surface area contributed by atoms with Crippen LogP contribution in [0.1, 0.15) is 16.1 Å². The summed E-state index contributed by atoms with van der Waals surface area (Å²) in [5.41, 5.74) is 12.7. The molecule has 0 radical (unpaired) electrons. The predicted octanol–water partition coefficient (Wildman–Crippen LogP) is 1.42. The molecule has 2 aromatic rings. The lowest BCUT2D eigenvalue weighted by Gasteiger charge is -1.91. The number of carbonyl (C=O) groups is 1. The average molecular weight is 190 g/mol. The minimum absolute atomic E-state index is 0.0364. The molecule has 0 bridgehead atoms. The molecule has 0 aliphatic carbocycles. The van der Waals surface area contributed by atoms with Gasteiger partial charge in [0.2, 0.25) is 5.76 Å². The number of hydrogen-bond acceptors (Lipinski definition) is 3. The Balaban J connectivity index is 2.86. The number of nitrogen functional groups attached to an aromatic ring is 1. The largest absolute Gasteiger partial charge is 0.448 e. The Bertz CT molecular complexity index is 514. The average Bonchev–Trinajstić information content (AvgIpc) is 2.46. The molecule has 0 unspecified atom stereocenters. The number of nitrogens with two attached hydrogens (primary N) is 2. The van der Waals surface area contributed by atoms with Crippen LogP contribution in [0, 0.1) is 6.92 Å². The van der Waals surface area contributed by atoms with Crippen molar-refractivity contribution in [3.8, 4) is 0 Å². The van der Waals surface area contributed by atoms with E-state index in [1.807, 2.05) is 19.1 Å². The number of para-hydroxylation sites is 1. The smallest absolute Gasteiger partial charge is 0.286 e. The van der Waals surface area contributed by atoms with Crippen LogP contribution in [0.25, 0.3) is 11.0 Å². The van der Waals surface area contributed by atoms with E-state index in [0.29, 0.717) is 11.3 Å². The molecule has 0 saturated carbocycles. The number of primary amides is 1. The fourth-order valence-corrected chi connectivity index (χ4v) is 1.46.